The first-order valence-electron chi connectivity index (χ1n) is 7.51. The Hall–Kier alpha value is -1.66. The minimum absolute atomic E-state index is 0.228. The van der Waals surface area contributed by atoms with E-state index in [0.29, 0.717) is 17.8 Å². The molecule has 2 atom stereocenters. The number of piperidine rings is 1. The molecule has 3 heterocycles. The molecule has 1 aromatic rings. The smallest absolute Gasteiger partial charge is 0.274 e. The Balaban J connectivity index is 1.58. The number of fused-ring (bicyclic) bond motifs is 2. The Morgan fingerprint density at radius 2 is 2.00 bits per heavy atom. The number of carbonyl (C=O) groups is 2. The summed E-state index contributed by atoms with van der Waals surface area (Å²) in [5, 5.41) is 2.48. The van der Waals surface area contributed by atoms with Crippen LogP contribution in [0.1, 0.15) is 36.2 Å². The van der Waals surface area contributed by atoms with Gasteiger partial charge in [0, 0.05) is 31.4 Å². The van der Waals surface area contributed by atoms with E-state index in [1.54, 1.807) is 29.9 Å². The Labute approximate surface area is 124 Å². The van der Waals surface area contributed by atoms with E-state index in [1.807, 2.05) is 0 Å². The summed E-state index contributed by atoms with van der Waals surface area (Å²) in [4.78, 5) is 26.4. The Morgan fingerprint density at radius 1 is 1.33 bits per heavy atom. The van der Waals surface area contributed by atoms with E-state index in [1.165, 1.54) is 0 Å². The molecule has 3 N–H and O–H groups in total. The number of rotatable bonds is 3. The average Bonchev–Trinajstić information content (AvgIpc) is 2.92. The third-order valence-electron chi connectivity index (χ3n) is 4.68. The van der Waals surface area contributed by atoms with Crippen LogP contribution in [0.15, 0.2) is 18.3 Å². The van der Waals surface area contributed by atoms with Crippen molar-refractivity contribution in [1.29, 1.82) is 0 Å². The summed E-state index contributed by atoms with van der Waals surface area (Å²) >= 11 is 0. The number of imide groups is 1. The van der Waals surface area contributed by atoms with Gasteiger partial charge in [0.2, 0.25) is 5.91 Å². The molecule has 0 aliphatic carbocycles. The molecule has 2 unspecified atom stereocenters. The van der Waals surface area contributed by atoms with Gasteiger partial charge in [0.15, 0.2) is 0 Å². The zero-order valence-electron chi connectivity index (χ0n) is 12.3. The van der Waals surface area contributed by atoms with Crippen LogP contribution in [0.4, 0.5) is 0 Å². The lowest BCUT2D eigenvalue weighted by Crippen LogP contribution is -2.51. The summed E-state index contributed by atoms with van der Waals surface area (Å²) in [7, 11) is 1.78. The predicted octanol–water partition coefficient (Wildman–Crippen LogP) is 0.236. The van der Waals surface area contributed by atoms with Crippen molar-refractivity contribution in [2.24, 2.45) is 12.8 Å². The molecule has 1 aromatic heterocycles. The van der Waals surface area contributed by atoms with Crippen molar-refractivity contribution in [3.63, 3.8) is 0 Å². The van der Waals surface area contributed by atoms with Crippen LogP contribution in [0.3, 0.4) is 0 Å². The van der Waals surface area contributed by atoms with Crippen LogP contribution < -0.4 is 11.1 Å². The van der Waals surface area contributed by atoms with Gasteiger partial charge in [0.05, 0.1) is 6.54 Å². The topological polar surface area (TPSA) is 80.4 Å². The third kappa shape index (κ3) is 2.87. The molecule has 2 saturated heterocycles. The Bertz CT molecular complexity index is 540. The monoisotopic (exact) mass is 290 g/mol. The Morgan fingerprint density at radius 3 is 2.57 bits per heavy atom. The molecular formula is C15H22N4O2. The number of hydrogen-bond acceptors (Lipinski definition) is 4. The van der Waals surface area contributed by atoms with Gasteiger partial charge in [-0.2, -0.15) is 0 Å². The van der Waals surface area contributed by atoms with Gasteiger partial charge in [-0.25, -0.2) is 0 Å². The van der Waals surface area contributed by atoms with Gasteiger partial charge in [-0.15, -0.1) is 0 Å². The Kier molecular flexibility index (Phi) is 3.82. The zero-order chi connectivity index (χ0) is 15.0. The molecule has 114 valence electrons. The number of aryl methyl sites for hydroxylation is 1. The highest BCUT2D eigenvalue weighted by molar-refractivity contribution is 6.04. The summed E-state index contributed by atoms with van der Waals surface area (Å²) in [5.41, 5.74) is 6.52. The van der Waals surface area contributed by atoms with Gasteiger partial charge in [-0.3, -0.25) is 19.8 Å². The largest absolute Gasteiger partial charge is 0.347 e. The number of nitrogens with zero attached hydrogens (tertiary/aromatic N) is 2. The van der Waals surface area contributed by atoms with E-state index in [2.05, 4.69) is 10.2 Å². The predicted molar refractivity (Wildman–Crippen MR) is 78.6 cm³/mol. The highest BCUT2D eigenvalue weighted by atomic mass is 16.2. The molecule has 2 amide bonds. The van der Waals surface area contributed by atoms with Crippen molar-refractivity contribution in [2.75, 3.05) is 6.54 Å². The molecule has 0 spiro atoms. The second kappa shape index (κ2) is 5.61. The van der Waals surface area contributed by atoms with Crippen LogP contribution in [-0.2, 0) is 11.8 Å². The molecule has 0 saturated carbocycles. The summed E-state index contributed by atoms with van der Waals surface area (Å²) in [6.45, 7) is 0.290. The van der Waals surface area contributed by atoms with Gasteiger partial charge in [-0.05, 0) is 37.8 Å². The van der Waals surface area contributed by atoms with Gasteiger partial charge in [0.1, 0.15) is 5.69 Å². The van der Waals surface area contributed by atoms with Gasteiger partial charge >= 0.3 is 0 Å². The molecule has 2 fully saturated rings. The van der Waals surface area contributed by atoms with Gasteiger partial charge in [0.25, 0.3) is 5.91 Å². The standard InChI is InChI=1S/C15H22N4O2/c1-18-6-2-3-13(18)15(21)17-14(20)9-19-11-4-5-12(19)8-10(16)7-11/h2-3,6,10-12H,4-5,7-9,16H2,1H3,(H,17,20,21). The van der Waals surface area contributed by atoms with Crippen molar-refractivity contribution in [3.8, 4) is 0 Å². The fourth-order valence-electron chi connectivity index (χ4n) is 3.67. The first kappa shape index (κ1) is 14.3. The van der Waals surface area contributed by atoms with Crippen molar-refractivity contribution in [3.05, 3.63) is 24.0 Å². The van der Waals surface area contributed by atoms with Gasteiger partial charge in [-0.1, -0.05) is 0 Å². The summed E-state index contributed by atoms with van der Waals surface area (Å²) in [6.07, 6.45) is 5.91. The third-order valence-corrected chi connectivity index (χ3v) is 4.68. The first-order chi connectivity index (χ1) is 10.0. The van der Waals surface area contributed by atoms with E-state index in [9.17, 15) is 9.59 Å². The SMILES string of the molecule is Cn1cccc1C(=O)NC(=O)CN1C2CCC1CC(N)C2. The second-order valence-corrected chi connectivity index (χ2v) is 6.17. The lowest BCUT2D eigenvalue weighted by molar-refractivity contribution is -0.122. The van der Waals surface area contributed by atoms with Crippen LogP contribution in [0.5, 0.6) is 0 Å². The second-order valence-electron chi connectivity index (χ2n) is 6.17. The highest BCUT2D eigenvalue weighted by Crippen LogP contribution is 2.34. The van der Waals surface area contributed by atoms with Crippen LogP contribution in [0, 0.1) is 0 Å². The molecule has 2 aliphatic heterocycles. The molecular weight excluding hydrogens is 268 g/mol. The van der Waals surface area contributed by atoms with E-state index in [4.69, 9.17) is 5.73 Å². The number of amides is 2. The van der Waals surface area contributed by atoms with E-state index in [-0.39, 0.29) is 24.4 Å². The molecule has 3 rings (SSSR count). The molecule has 2 bridgehead atoms. The maximum Gasteiger partial charge on any atom is 0.274 e. The number of hydrogen-bond donors (Lipinski definition) is 2. The van der Waals surface area contributed by atoms with E-state index in [0.717, 1.165) is 25.7 Å². The quantitative estimate of drug-likeness (QED) is 0.835. The van der Waals surface area contributed by atoms with Crippen LogP contribution >= 0.6 is 0 Å². The molecule has 2 aliphatic rings. The maximum atomic E-state index is 12.1. The van der Waals surface area contributed by atoms with E-state index < -0.39 is 0 Å². The zero-order valence-corrected chi connectivity index (χ0v) is 12.3. The minimum Gasteiger partial charge on any atom is -0.347 e. The molecule has 21 heavy (non-hydrogen) atoms. The molecule has 0 aromatic carbocycles. The first-order valence-corrected chi connectivity index (χ1v) is 7.51. The lowest BCUT2D eigenvalue weighted by Gasteiger charge is -2.37. The van der Waals surface area contributed by atoms with Crippen molar-refractivity contribution in [1.82, 2.24) is 14.8 Å². The fraction of sp³-hybridized carbons (Fsp3) is 0.600. The van der Waals surface area contributed by atoms with Crippen LogP contribution in [-0.4, -0.2) is 46.0 Å². The van der Waals surface area contributed by atoms with Crippen molar-refractivity contribution in [2.45, 2.75) is 43.8 Å². The van der Waals surface area contributed by atoms with E-state index >= 15 is 0 Å². The number of nitrogens with one attached hydrogen (secondary N) is 1. The van der Waals surface area contributed by atoms with Crippen LogP contribution in [0.25, 0.3) is 0 Å². The maximum absolute atomic E-state index is 12.1. The molecule has 6 nitrogen and oxygen atoms in total. The normalized spacial score (nSPS) is 28.6. The van der Waals surface area contributed by atoms with Crippen molar-refractivity contribution >= 4 is 11.8 Å². The molecule has 0 radical (unpaired) electrons. The minimum atomic E-state index is -0.339. The number of aromatic nitrogens is 1. The highest BCUT2D eigenvalue weighted by Gasteiger charge is 2.40. The van der Waals surface area contributed by atoms with Crippen LogP contribution in [0.2, 0.25) is 0 Å². The fourth-order valence-corrected chi connectivity index (χ4v) is 3.67. The summed E-state index contributed by atoms with van der Waals surface area (Å²) in [6, 6.07) is 4.54. The molecule has 6 heteroatoms. The summed E-state index contributed by atoms with van der Waals surface area (Å²) in [5.74, 6) is -0.567. The lowest BCUT2D eigenvalue weighted by atomic mass is 9.98. The van der Waals surface area contributed by atoms with Crippen molar-refractivity contribution < 1.29 is 9.59 Å². The number of carbonyl (C=O) groups excluding carboxylic acids is 2. The van der Waals surface area contributed by atoms with Gasteiger partial charge < -0.3 is 10.3 Å². The average molecular weight is 290 g/mol. The summed E-state index contributed by atoms with van der Waals surface area (Å²) < 4.78 is 1.70. The number of nitrogens with two attached hydrogens (primary N) is 1.